The van der Waals surface area contributed by atoms with E-state index in [1.807, 2.05) is 0 Å². The molecule has 3 aromatic rings. The van der Waals surface area contributed by atoms with Crippen LogP contribution in [0.5, 0.6) is 5.75 Å². The Hall–Kier alpha value is -2.56. The van der Waals surface area contributed by atoms with Crippen molar-refractivity contribution >= 4 is 38.7 Å². The van der Waals surface area contributed by atoms with Gasteiger partial charge in [0.2, 0.25) is 9.84 Å². The number of nitrogens with zero attached hydrogens (tertiary/aromatic N) is 1. The zero-order chi connectivity index (χ0) is 21.7. The third kappa shape index (κ3) is 5.53. The van der Waals surface area contributed by atoms with Gasteiger partial charge in [0.05, 0.1) is 16.2 Å². The summed E-state index contributed by atoms with van der Waals surface area (Å²) in [4.78, 5) is 15.8. The molecule has 6 nitrogen and oxygen atoms in total. The van der Waals surface area contributed by atoms with Gasteiger partial charge in [-0.1, -0.05) is 11.6 Å². The van der Waals surface area contributed by atoms with E-state index in [0.29, 0.717) is 21.5 Å². The van der Waals surface area contributed by atoms with Gasteiger partial charge in [0, 0.05) is 10.4 Å². The fourth-order valence-electron chi connectivity index (χ4n) is 2.26. The molecule has 0 aliphatic carbocycles. The minimum Gasteiger partial charge on any atom is -0.486 e. The highest BCUT2D eigenvalue weighted by molar-refractivity contribution is 7.91. The van der Waals surface area contributed by atoms with E-state index in [1.165, 1.54) is 11.3 Å². The highest BCUT2D eigenvalue weighted by Crippen LogP contribution is 2.20. The number of aromatic nitrogens is 1. The number of carbonyl (C=O) groups excluding carboxylic acids is 1. The van der Waals surface area contributed by atoms with Crippen molar-refractivity contribution in [2.45, 2.75) is 23.9 Å². The standard InChI is InChI=1S/C19H14ClF2NO5S2/c20-13-3-5-15(6-4-13)27-10-17-23-14(11-29-17)9-28-18(24)12-1-7-16(8-2-12)30(25,26)19(21)22/h1-8,11,19H,9-10H2. The molecule has 0 N–H and O–H groups in total. The third-order valence-corrected chi connectivity index (χ3v) is 6.30. The molecule has 0 radical (unpaired) electrons. The van der Waals surface area contributed by atoms with Crippen molar-refractivity contribution in [3.8, 4) is 5.75 Å². The second-order valence-electron chi connectivity index (χ2n) is 5.88. The smallest absolute Gasteiger partial charge is 0.341 e. The molecule has 11 heteroatoms. The zero-order valence-corrected chi connectivity index (χ0v) is 17.5. The Labute approximate surface area is 180 Å². The normalized spacial score (nSPS) is 11.5. The van der Waals surface area contributed by atoms with E-state index in [1.54, 1.807) is 29.6 Å². The van der Waals surface area contributed by atoms with E-state index in [-0.39, 0.29) is 18.8 Å². The molecule has 0 unspecified atom stereocenters. The maximum atomic E-state index is 12.5. The summed E-state index contributed by atoms with van der Waals surface area (Å²) >= 11 is 7.15. The Morgan fingerprint density at radius 3 is 2.37 bits per heavy atom. The lowest BCUT2D eigenvalue weighted by atomic mass is 10.2. The van der Waals surface area contributed by atoms with Crippen LogP contribution in [-0.4, -0.2) is 25.1 Å². The number of hydrogen-bond donors (Lipinski definition) is 0. The summed E-state index contributed by atoms with van der Waals surface area (Å²) in [5.74, 6) is -3.62. The van der Waals surface area contributed by atoms with E-state index in [2.05, 4.69) is 4.98 Å². The van der Waals surface area contributed by atoms with Crippen LogP contribution >= 0.6 is 22.9 Å². The summed E-state index contributed by atoms with van der Waals surface area (Å²) in [5, 5.41) is 3.00. The van der Waals surface area contributed by atoms with Gasteiger partial charge >= 0.3 is 11.7 Å². The number of ether oxygens (including phenoxy) is 2. The predicted molar refractivity (Wildman–Crippen MR) is 107 cm³/mol. The third-order valence-electron chi connectivity index (χ3n) is 3.78. The SMILES string of the molecule is O=C(OCc1csc(COc2ccc(Cl)cc2)n1)c1ccc(S(=O)(=O)C(F)F)cc1. The molecule has 1 aromatic heterocycles. The summed E-state index contributed by atoms with van der Waals surface area (Å²) in [5.41, 5.74) is 0.546. The van der Waals surface area contributed by atoms with Crippen molar-refractivity contribution in [2.24, 2.45) is 0 Å². The summed E-state index contributed by atoms with van der Waals surface area (Å²) in [6.45, 7) is 0.133. The molecule has 158 valence electrons. The number of benzene rings is 2. The Balaban J connectivity index is 1.53. The van der Waals surface area contributed by atoms with E-state index >= 15 is 0 Å². The van der Waals surface area contributed by atoms with Gasteiger partial charge in [-0.05, 0) is 48.5 Å². The Kier molecular flexibility index (Phi) is 7.01. The number of carbonyl (C=O) groups is 1. The molecule has 1 heterocycles. The van der Waals surface area contributed by atoms with Gasteiger partial charge in [-0.2, -0.15) is 8.78 Å². The lowest BCUT2D eigenvalue weighted by Gasteiger charge is -2.06. The van der Waals surface area contributed by atoms with Crippen LogP contribution in [0.4, 0.5) is 8.78 Å². The van der Waals surface area contributed by atoms with Crippen LogP contribution in [0, 0.1) is 0 Å². The van der Waals surface area contributed by atoms with Crippen molar-refractivity contribution in [1.82, 2.24) is 4.98 Å². The summed E-state index contributed by atoms with van der Waals surface area (Å²) in [6.07, 6.45) is 0. The van der Waals surface area contributed by atoms with Gasteiger partial charge in [0.25, 0.3) is 0 Å². The molecular weight excluding hydrogens is 460 g/mol. The zero-order valence-electron chi connectivity index (χ0n) is 15.1. The monoisotopic (exact) mass is 473 g/mol. The number of thiazole rings is 1. The van der Waals surface area contributed by atoms with E-state index in [4.69, 9.17) is 21.1 Å². The second kappa shape index (κ2) is 9.50. The summed E-state index contributed by atoms with van der Waals surface area (Å²) in [7, 11) is -4.71. The average molecular weight is 474 g/mol. The van der Waals surface area contributed by atoms with Crippen LogP contribution in [0.1, 0.15) is 21.1 Å². The first kappa shape index (κ1) is 22.1. The highest BCUT2D eigenvalue weighted by atomic mass is 35.5. The van der Waals surface area contributed by atoms with Crippen molar-refractivity contribution in [3.63, 3.8) is 0 Å². The Morgan fingerprint density at radius 1 is 1.07 bits per heavy atom. The molecule has 0 spiro atoms. The van der Waals surface area contributed by atoms with Crippen LogP contribution in [0.2, 0.25) is 5.02 Å². The molecule has 0 aliphatic heterocycles. The van der Waals surface area contributed by atoms with Crippen LogP contribution in [0.25, 0.3) is 0 Å². The van der Waals surface area contributed by atoms with Crippen LogP contribution in [-0.2, 0) is 27.8 Å². The van der Waals surface area contributed by atoms with Gasteiger partial charge in [0.15, 0.2) is 0 Å². The van der Waals surface area contributed by atoms with Crippen molar-refractivity contribution in [3.05, 3.63) is 75.2 Å². The van der Waals surface area contributed by atoms with E-state index in [9.17, 15) is 22.0 Å². The molecule has 0 saturated heterocycles. The molecule has 0 atom stereocenters. The van der Waals surface area contributed by atoms with E-state index < -0.39 is 26.5 Å². The molecule has 0 fully saturated rings. The number of sulfone groups is 1. The molecule has 0 amide bonds. The Morgan fingerprint density at radius 2 is 1.73 bits per heavy atom. The predicted octanol–water partition coefficient (Wildman–Crippen LogP) is 4.73. The van der Waals surface area contributed by atoms with Gasteiger partial charge in [-0.15, -0.1) is 11.3 Å². The minimum absolute atomic E-state index is 0.0322. The first-order chi connectivity index (χ1) is 14.3. The lowest BCUT2D eigenvalue weighted by Crippen LogP contribution is -2.12. The quantitative estimate of drug-likeness (QED) is 0.440. The van der Waals surface area contributed by atoms with Crippen molar-refractivity contribution in [2.75, 3.05) is 0 Å². The molecule has 2 aromatic carbocycles. The maximum Gasteiger partial charge on any atom is 0.341 e. The number of hydrogen-bond acceptors (Lipinski definition) is 7. The molecule has 0 aliphatic rings. The van der Waals surface area contributed by atoms with Crippen molar-refractivity contribution in [1.29, 1.82) is 0 Å². The molecule has 30 heavy (non-hydrogen) atoms. The van der Waals surface area contributed by atoms with Gasteiger partial charge in [0.1, 0.15) is 24.0 Å². The average Bonchev–Trinajstić information content (AvgIpc) is 3.19. The van der Waals surface area contributed by atoms with Gasteiger partial charge in [-0.25, -0.2) is 18.2 Å². The number of esters is 1. The largest absolute Gasteiger partial charge is 0.486 e. The summed E-state index contributed by atoms with van der Waals surface area (Å²) in [6, 6.07) is 11.0. The fraction of sp³-hybridized carbons (Fsp3) is 0.158. The first-order valence-corrected chi connectivity index (χ1v) is 11.2. The minimum atomic E-state index is -4.71. The molecule has 0 saturated carbocycles. The number of halogens is 3. The topological polar surface area (TPSA) is 82.6 Å². The summed E-state index contributed by atoms with van der Waals surface area (Å²) < 4.78 is 58.6. The number of rotatable bonds is 8. The number of alkyl halides is 2. The maximum absolute atomic E-state index is 12.5. The Bertz CT molecular complexity index is 1120. The highest BCUT2D eigenvalue weighted by Gasteiger charge is 2.26. The van der Waals surface area contributed by atoms with Gasteiger partial charge < -0.3 is 9.47 Å². The lowest BCUT2D eigenvalue weighted by molar-refractivity contribution is 0.0468. The molecular formula is C19H14ClF2NO5S2. The fourth-order valence-corrected chi connectivity index (χ4v) is 3.80. The molecule has 3 rings (SSSR count). The molecule has 0 bridgehead atoms. The van der Waals surface area contributed by atoms with Crippen LogP contribution < -0.4 is 4.74 Å². The van der Waals surface area contributed by atoms with Crippen molar-refractivity contribution < 1.29 is 31.5 Å². The van der Waals surface area contributed by atoms with Gasteiger partial charge in [-0.3, -0.25) is 0 Å². The second-order valence-corrected chi connectivity index (χ2v) is 9.18. The van der Waals surface area contributed by atoms with Crippen LogP contribution in [0.3, 0.4) is 0 Å². The first-order valence-electron chi connectivity index (χ1n) is 8.36. The van der Waals surface area contributed by atoms with Crippen LogP contribution in [0.15, 0.2) is 58.8 Å². The van der Waals surface area contributed by atoms with E-state index in [0.717, 1.165) is 24.3 Å².